The second kappa shape index (κ2) is 3.37. The van der Waals surface area contributed by atoms with Crippen molar-refractivity contribution < 1.29 is 8.42 Å². The number of nitrogens with two attached hydrogens (primary N) is 1. The SMILES string of the molecule is N=CC/C=C/S(N)(=O)=O. The highest BCUT2D eigenvalue weighted by Crippen LogP contribution is 1.82. The maximum Gasteiger partial charge on any atom is 0.230 e. The van der Waals surface area contributed by atoms with Crippen molar-refractivity contribution >= 4 is 16.2 Å². The monoisotopic (exact) mass is 148 g/mol. The Bertz CT molecular complexity index is 205. The molecule has 0 aliphatic rings. The summed E-state index contributed by atoms with van der Waals surface area (Å²) >= 11 is 0. The molecule has 0 saturated heterocycles. The zero-order valence-corrected chi connectivity index (χ0v) is 5.56. The molecule has 0 aromatic heterocycles. The van der Waals surface area contributed by atoms with Crippen molar-refractivity contribution in [1.82, 2.24) is 0 Å². The van der Waals surface area contributed by atoms with E-state index >= 15 is 0 Å². The van der Waals surface area contributed by atoms with Gasteiger partial charge in [0, 0.05) is 11.8 Å². The predicted molar refractivity (Wildman–Crippen MR) is 35.6 cm³/mol. The number of primary sulfonamides is 1. The Labute approximate surface area is 53.9 Å². The van der Waals surface area contributed by atoms with E-state index in [1.807, 2.05) is 0 Å². The molecule has 0 unspecified atom stereocenters. The maximum absolute atomic E-state index is 10.1. The van der Waals surface area contributed by atoms with Crippen molar-refractivity contribution in [3.8, 4) is 0 Å². The molecule has 0 aromatic rings. The van der Waals surface area contributed by atoms with Crippen molar-refractivity contribution in [3.63, 3.8) is 0 Å². The molecule has 0 amide bonds. The van der Waals surface area contributed by atoms with Crippen LogP contribution in [0.5, 0.6) is 0 Å². The van der Waals surface area contributed by atoms with Gasteiger partial charge in [0.15, 0.2) is 0 Å². The molecule has 0 aromatic carbocycles. The number of rotatable bonds is 3. The number of sulfonamides is 1. The minimum Gasteiger partial charge on any atom is -0.313 e. The van der Waals surface area contributed by atoms with Gasteiger partial charge in [0.1, 0.15) is 0 Å². The van der Waals surface area contributed by atoms with E-state index in [2.05, 4.69) is 5.14 Å². The molecule has 0 bridgehead atoms. The number of nitrogens with one attached hydrogen (secondary N) is 1. The van der Waals surface area contributed by atoms with Crippen LogP contribution in [0.25, 0.3) is 0 Å². The smallest absolute Gasteiger partial charge is 0.230 e. The van der Waals surface area contributed by atoms with E-state index in [1.165, 1.54) is 6.08 Å². The summed E-state index contributed by atoms with van der Waals surface area (Å²) in [5.74, 6) is 0. The van der Waals surface area contributed by atoms with Gasteiger partial charge in [-0.1, -0.05) is 6.08 Å². The molecule has 0 heterocycles. The lowest BCUT2D eigenvalue weighted by molar-refractivity contribution is 0.606. The molecule has 0 saturated carbocycles. The van der Waals surface area contributed by atoms with E-state index in [9.17, 15) is 8.42 Å². The molecule has 0 aliphatic carbocycles. The van der Waals surface area contributed by atoms with Gasteiger partial charge in [0.2, 0.25) is 10.0 Å². The minimum atomic E-state index is -3.48. The van der Waals surface area contributed by atoms with E-state index in [4.69, 9.17) is 5.41 Å². The molecule has 0 fully saturated rings. The third kappa shape index (κ3) is 7.32. The van der Waals surface area contributed by atoms with Gasteiger partial charge in [0.25, 0.3) is 0 Å². The highest BCUT2D eigenvalue weighted by Gasteiger charge is 1.89. The molecule has 5 heteroatoms. The van der Waals surface area contributed by atoms with Gasteiger partial charge in [-0.3, -0.25) is 0 Å². The Morgan fingerprint density at radius 2 is 2.11 bits per heavy atom. The second-order valence-corrected chi connectivity index (χ2v) is 2.85. The largest absolute Gasteiger partial charge is 0.313 e. The van der Waals surface area contributed by atoms with E-state index in [0.717, 1.165) is 11.6 Å². The Balaban J connectivity index is 3.87. The minimum absolute atomic E-state index is 0.302. The summed E-state index contributed by atoms with van der Waals surface area (Å²) in [6, 6.07) is 0. The van der Waals surface area contributed by atoms with Gasteiger partial charge in [-0.2, -0.15) is 0 Å². The van der Waals surface area contributed by atoms with Crippen molar-refractivity contribution in [2.45, 2.75) is 6.42 Å². The summed E-state index contributed by atoms with van der Waals surface area (Å²) in [6.45, 7) is 0. The molecule has 0 radical (unpaired) electrons. The van der Waals surface area contributed by atoms with E-state index in [0.29, 0.717) is 6.42 Å². The van der Waals surface area contributed by atoms with Crippen LogP contribution < -0.4 is 5.14 Å². The van der Waals surface area contributed by atoms with Gasteiger partial charge in [-0.25, -0.2) is 13.6 Å². The van der Waals surface area contributed by atoms with E-state index in [1.54, 1.807) is 0 Å². The van der Waals surface area contributed by atoms with Crippen LogP contribution in [0.2, 0.25) is 0 Å². The van der Waals surface area contributed by atoms with Crippen LogP contribution >= 0.6 is 0 Å². The summed E-state index contributed by atoms with van der Waals surface area (Å²) in [5.41, 5.74) is 0. The zero-order chi connectivity index (χ0) is 7.33. The van der Waals surface area contributed by atoms with Crippen molar-refractivity contribution in [1.29, 1.82) is 5.41 Å². The summed E-state index contributed by atoms with van der Waals surface area (Å²) in [5, 5.41) is 12.0. The third-order valence-corrected chi connectivity index (χ3v) is 1.11. The Morgan fingerprint density at radius 1 is 1.56 bits per heavy atom. The predicted octanol–water partition coefficient (Wildman–Crippen LogP) is -0.172. The lowest BCUT2D eigenvalue weighted by atomic mass is 10.5. The number of hydrogen-bond acceptors (Lipinski definition) is 3. The van der Waals surface area contributed by atoms with Crippen LogP contribution in [0.15, 0.2) is 11.5 Å². The quantitative estimate of drug-likeness (QED) is 0.544. The van der Waals surface area contributed by atoms with Gasteiger partial charge >= 0.3 is 0 Å². The van der Waals surface area contributed by atoms with Crippen LogP contribution in [0.4, 0.5) is 0 Å². The summed E-state index contributed by atoms with van der Waals surface area (Å²) in [7, 11) is -3.48. The summed E-state index contributed by atoms with van der Waals surface area (Å²) < 4.78 is 20.2. The Kier molecular flexibility index (Phi) is 3.11. The maximum atomic E-state index is 10.1. The van der Waals surface area contributed by atoms with Crippen LogP contribution in [-0.4, -0.2) is 14.6 Å². The highest BCUT2D eigenvalue weighted by molar-refractivity contribution is 7.92. The van der Waals surface area contributed by atoms with E-state index in [-0.39, 0.29) is 0 Å². The first-order valence-corrected chi connectivity index (χ1v) is 3.85. The topological polar surface area (TPSA) is 84.0 Å². The third-order valence-electron chi connectivity index (χ3n) is 0.540. The zero-order valence-electron chi connectivity index (χ0n) is 4.74. The van der Waals surface area contributed by atoms with E-state index < -0.39 is 10.0 Å². The molecule has 9 heavy (non-hydrogen) atoms. The van der Waals surface area contributed by atoms with Gasteiger partial charge < -0.3 is 5.41 Å². The van der Waals surface area contributed by atoms with Crippen molar-refractivity contribution in [2.24, 2.45) is 5.14 Å². The lowest BCUT2D eigenvalue weighted by Crippen LogP contribution is -2.06. The molecule has 0 rings (SSSR count). The average molecular weight is 148 g/mol. The van der Waals surface area contributed by atoms with Crippen molar-refractivity contribution in [3.05, 3.63) is 11.5 Å². The Morgan fingerprint density at radius 3 is 2.44 bits per heavy atom. The fraction of sp³-hybridized carbons (Fsp3) is 0.250. The number of allylic oxidation sites excluding steroid dienone is 1. The first kappa shape index (κ1) is 8.32. The molecule has 0 aliphatic heterocycles. The summed E-state index contributed by atoms with van der Waals surface area (Å²) in [4.78, 5) is 0. The molecule has 52 valence electrons. The molecular weight excluding hydrogens is 140 g/mol. The normalized spacial score (nSPS) is 12.1. The Hall–Kier alpha value is -0.680. The fourth-order valence-corrected chi connectivity index (χ4v) is 0.637. The molecular formula is C4H8N2O2S. The van der Waals surface area contributed by atoms with Crippen LogP contribution in [0, 0.1) is 5.41 Å². The first-order valence-electron chi connectivity index (χ1n) is 2.24. The van der Waals surface area contributed by atoms with Crippen LogP contribution in [0.1, 0.15) is 6.42 Å². The van der Waals surface area contributed by atoms with Crippen LogP contribution in [-0.2, 0) is 10.0 Å². The standard InChI is InChI=1S/C4H8N2O2S/c5-3-1-2-4-9(6,7)8/h2-5H,1H2,(H2,6,7,8)/b4-2+,5-3?. The first-order chi connectivity index (χ1) is 4.06. The second-order valence-electron chi connectivity index (χ2n) is 1.40. The summed E-state index contributed by atoms with van der Waals surface area (Å²) in [6.07, 6.45) is 2.69. The molecule has 4 nitrogen and oxygen atoms in total. The lowest BCUT2D eigenvalue weighted by Gasteiger charge is -1.81. The van der Waals surface area contributed by atoms with Crippen molar-refractivity contribution in [2.75, 3.05) is 0 Å². The molecule has 0 atom stereocenters. The van der Waals surface area contributed by atoms with Gasteiger partial charge in [-0.05, 0) is 6.21 Å². The van der Waals surface area contributed by atoms with Gasteiger partial charge in [-0.15, -0.1) is 0 Å². The van der Waals surface area contributed by atoms with Gasteiger partial charge in [0.05, 0.1) is 0 Å². The molecule has 3 N–H and O–H groups in total. The average Bonchev–Trinajstić information content (AvgIpc) is 1.63. The highest BCUT2D eigenvalue weighted by atomic mass is 32.2. The number of hydrogen-bond donors (Lipinski definition) is 2. The molecule has 0 spiro atoms. The fourth-order valence-electron chi connectivity index (χ4n) is 0.258. The van der Waals surface area contributed by atoms with Crippen LogP contribution in [0.3, 0.4) is 0 Å².